The first-order chi connectivity index (χ1) is 7.24. The van der Waals surface area contributed by atoms with Gasteiger partial charge in [-0.05, 0) is 18.4 Å². The van der Waals surface area contributed by atoms with Gasteiger partial charge in [0.05, 0.1) is 5.54 Å². The van der Waals surface area contributed by atoms with E-state index in [2.05, 4.69) is 0 Å². The number of carbonyl (C=O) groups is 1. The molecule has 1 fully saturated rings. The summed E-state index contributed by atoms with van der Waals surface area (Å²) >= 11 is 0. The second kappa shape index (κ2) is 4.13. The fourth-order valence-corrected chi connectivity index (χ4v) is 2.02. The van der Waals surface area contributed by atoms with Crippen LogP contribution in [0.2, 0.25) is 0 Å². The van der Waals surface area contributed by atoms with Gasteiger partial charge in [0.25, 0.3) is 0 Å². The van der Waals surface area contributed by atoms with E-state index in [9.17, 15) is 4.79 Å². The topological polar surface area (TPSA) is 52.3 Å². The number of rotatable bonds is 3. The first-order valence-electron chi connectivity index (χ1n) is 5.14. The third kappa shape index (κ3) is 2.08. The molecular weight excluding hydrogens is 190 g/mol. The van der Waals surface area contributed by atoms with Crippen LogP contribution in [0, 0.1) is 0 Å². The van der Waals surface area contributed by atoms with Crippen molar-refractivity contribution < 1.29 is 9.53 Å². The Bertz CT molecular complexity index is 339. The van der Waals surface area contributed by atoms with Crippen molar-refractivity contribution in [2.45, 2.75) is 24.5 Å². The van der Waals surface area contributed by atoms with Crippen LogP contribution in [0.5, 0.6) is 0 Å². The molecule has 1 saturated heterocycles. The minimum atomic E-state index is -0.525. The highest BCUT2D eigenvalue weighted by Gasteiger charge is 2.40. The van der Waals surface area contributed by atoms with E-state index in [1.54, 1.807) is 0 Å². The lowest BCUT2D eigenvalue weighted by Crippen LogP contribution is -2.50. The maximum Gasteiger partial charge on any atom is 0.150 e. The Morgan fingerprint density at radius 1 is 1.47 bits per heavy atom. The molecule has 1 aliphatic rings. The maximum absolute atomic E-state index is 10.8. The zero-order valence-electron chi connectivity index (χ0n) is 8.56. The van der Waals surface area contributed by atoms with Crippen molar-refractivity contribution in [2.24, 2.45) is 5.73 Å². The van der Waals surface area contributed by atoms with Crippen molar-refractivity contribution in [3.8, 4) is 0 Å². The van der Waals surface area contributed by atoms with Crippen LogP contribution < -0.4 is 5.73 Å². The van der Waals surface area contributed by atoms with Crippen LogP contribution in [-0.4, -0.2) is 24.5 Å². The lowest BCUT2D eigenvalue weighted by molar-refractivity contribution is -0.117. The average molecular weight is 205 g/mol. The minimum absolute atomic E-state index is 0.460. The lowest BCUT2D eigenvalue weighted by Gasteiger charge is -2.26. The van der Waals surface area contributed by atoms with E-state index in [4.69, 9.17) is 10.5 Å². The monoisotopic (exact) mass is 205 g/mol. The number of ether oxygens (including phenoxy) is 1. The Kier molecular flexibility index (Phi) is 2.84. The number of aldehydes is 1. The van der Waals surface area contributed by atoms with Crippen molar-refractivity contribution in [2.75, 3.05) is 6.61 Å². The van der Waals surface area contributed by atoms with Crippen LogP contribution in [0.25, 0.3) is 0 Å². The third-order valence-corrected chi connectivity index (χ3v) is 2.93. The molecule has 2 rings (SSSR count). The fourth-order valence-electron chi connectivity index (χ4n) is 2.02. The summed E-state index contributed by atoms with van der Waals surface area (Å²) in [6.07, 6.45) is 1.79. The lowest BCUT2D eigenvalue weighted by atomic mass is 9.86. The molecule has 2 N–H and O–H groups in total. The van der Waals surface area contributed by atoms with Crippen LogP contribution in [0.4, 0.5) is 0 Å². The summed E-state index contributed by atoms with van der Waals surface area (Å²) in [6, 6.07) is 9.97. The average Bonchev–Trinajstić information content (AvgIpc) is 2.60. The fraction of sp³-hybridized carbons (Fsp3) is 0.417. The van der Waals surface area contributed by atoms with Gasteiger partial charge < -0.3 is 15.3 Å². The molecule has 15 heavy (non-hydrogen) atoms. The predicted octanol–water partition coefficient (Wildman–Crippen LogP) is 0.914. The van der Waals surface area contributed by atoms with Gasteiger partial charge in [-0.25, -0.2) is 0 Å². The molecule has 1 aromatic carbocycles. The molecule has 1 aliphatic heterocycles. The zero-order valence-corrected chi connectivity index (χ0v) is 8.56. The summed E-state index contributed by atoms with van der Waals surface area (Å²) in [5.41, 5.74) is 6.82. The van der Waals surface area contributed by atoms with Gasteiger partial charge in [-0.1, -0.05) is 30.3 Å². The van der Waals surface area contributed by atoms with E-state index in [1.165, 1.54) is 0 Å². The van der Waals surface area contributed by atoms with Crippen LogP contribution in [0.15, 0.2) is 30.3 Å². The highest BCUT2D eigenvalue weighted by atomic mass is 16.5. The Morgan fingerprint density at radius 3 is 2.87 bits per heavy atom. The molecule has 0 spiro atoms. The Balaban J connectivity index is 2.13. The first kappa shape index (κ1) is 10.3. The van der Waals surface area contributed by atoms with Crippen molar-refractivity contribution in [3.05, 3.63) is 35.9 Å². The normalized spacial score (nSPS) is 30.3. The van der Waals surface area contributed by atoms with Gasteiger partial charge in [-0.3, -0.25) is 0 Å². The molecule has 80 valence electrons. The van der Waals surface area contributed by atoms with Crippen molar-refractivity contribution >= 4 is 6.29 Å². The molecule has 0 radical (unpaired) electrons. The van der Waals surface area contributed by atoms with Crippen LogP contribution in [0.1, 0.15) is 12.0 Å². The molecular formula is C12H15NO2. The Hall–Kier alpha value is -1.19. The number of nitrogens with two attached hydrogens (primary N) is 1. The summed E-state index contributed by atoms with van der Waals surface area (Å²) in [4.78, 5) is 10.8. The summed E-state index contributed by atoms with van der Waals surface area (Å²) in [5, 5.41) is 0. The van der Waals surface area contributed by atoms with Gasteiger partial charge in [0.1, 0.15) is 6.10 Å². The molecule has 1 heterocycles. The Labute approximate surface area is 89.2 Å². The molecule has 3 nitrogen and oxygen atoms in total. The maximum atomic E-state index is 10.8. The van der Waals surface area contributed by atoms with Crippen LogP contribution in [-0.2, 0) is 16.0 Å². The quantitative estimate of drug-likeness (QED) is 0.746. The van der Waals surface area contributed by atoms with Gasteiger partial charge in [-0.15, -0.1) is 0 Å². The van der Waals surface area contributed by atoms with Crippen LogP contribution >= 0.6 is 0 Å². The first-order valence-corrected chi connectivity index (χ1v) is 5.14. The van der Waals surface area contributed by atoms with E-state index in [-0.39, 0.29) is 0 Å². The molecule has 1 aromatic rings. The molecule has 0 amide bonds. The molecule has 2 atom stereocenters. The van der Waals surface area contributed by atoms with Gasteiger partial charge in [-0.2, -0.15) is 0 Å². The predicted molar refractivity (Wildman–Crippen MR) is 57.5 cm³/mol. The number of benzene rings is 1. The van der Waals surface area contributed by atoms with Gasteiger partial charge >= 0.3 is 0 Å². The second-order valence-electron chi connectivity index (χ2n) is 4.07. The number of carbonyl (C=O) groups excluding carboxylic acids is 1. The van der Waals surface area contributed by atoms with Crippen molar-refractivity contribution in [1.29, 1.82) is 0 Å². The highest BCUT2D eigenvalue weighted by molar-refractivity contribution is 5.60. The summed E-state index contributed by atoms with van der Waals surface area (Å²) in [6.45, 7) is 0.576. The summed E-state index contributed by atoms with van der Waals surface area (Å²) < 4.78 is 5.30. The molecule has 0 bridgehead atoms. The third-order valence-electron chi connectivity index (χ3n) is 2.93. The zero-order chi connectivity index (χ0) is 10.7. The van der Waals surface area contributed by atoms with E-state index < -0.39 is 11.6 Å². The van der Waals surface area contributed by atoms with Crippen molar-refractivity contribution in [1.82, 2.24) is 0 Å². The van der Waals surface area contributed by atoms with E-state index >= 15 is 0 Å². The number of hydrogen-bond acceptors (Lipinski definition) is 3. The van der Waals surface area contributed by atoms with Gasteiger partial charge in [0, 0.05) is 6.61 Å². The van der Waals surface area contributed by atoms with Gasteiger partial charge in [0.15, 0.2) is 6.29 Å². The molecule has 3 heteroatoms. The second-order valence-corrected chi connectivity index (χ2v) is 4.07. The molecule has 0 saturated carbocycles. The Morgan fingerprint density at radius 2 is 2.20 bits per heavy atom. The highest BCUT2D eigenvalue weighted by Crippen LogP contribution is 2.26. The number of hydrogen-bond donors (Lipinski definition) is 1. The van der Waals surface area contributed by atoms with E-state index in [0.29, 0.717) is 13.0 Å². The summed E-state index contributed by atoms with van der Waals surface area (Å²) in [5.74, 6) is 0. The van der Waals surface area contributed by atoms with E-state index in [0.717, 1.165) is 18.3 Å². The summed E-state index contributed by atoms with van der Waals surface area (Å²) in [7, 11) is 0. The largest absolute Gasteiger partial charge is 0.369 e. The van der Waals surface area contributed by atoms with E-state index in [1.807, 2.05) is 30.3 Å². The molecule has 0 aromatic heterocycles. The molecule has 2 unspecified atom stereocenters. The van der Waals surface area contributed by atoms with Crippen molar-refractivity contribution in [3.63, 3.8) is 0 Å². The molecule has 0 aliphatic carbocycles. The SMILES string of the molecule is NC1(Cc2ccccc2)CCOC1C=O. The smallest absolute Gasteiger partial charge is 0.150 e. The minimum Gasteiger partial charge on any atom is -0.369 e. The van der Waals surface area contributed by atoms with Crippen LogP contribution in [0.3, 0.4) is 0 Å². The standard InChI is InChI=1S/C12H15NO2/c13-12(6-7-15-11(12)9-14)8-10-4-2-1-3-5-10/h1-5,9,11H,6-8,13H2. The van der Waals surface area contributed by atoms with Gasteiger partial charge in [0.2, 0.25) is 0 Å².